The van der Waals surface area contributed by atoms with Crippen LogP contribution in [0.1, 0.15) is 79.1 Å². The van der Waals surface area contributed by atoms with Gasteiger partial charge < -0.3 is 9.80 Å². The second kappa shape index (κ2) is 9.91. The van der Waals surface area contributed by atoms with Crippen LogP contribution in [0.3, 0.4) is 0 Å². The first-order valence-electron chi connectivity index (χ1n) is 10.7. The van der Waals surface area contributed by atoms with Gasteiger partial charge in [0.2, 0.25) is 0 Å². The zero-order chi connectivity index (χ0) is 17.5. The van der Waals surface area contributed by atoms with E-state index in [4.69, 9.17) is 0 Å². The van der Waals surface area contributed by atoms with E-state index in [1.165, 1.54) is 25.7 Å². The van der Waals surface area contributed by atoms with Gasteiger partial charge in [-0.15, -0.1) is 0 Å². The van der Waals surface area contributed by atoms with Gasteiger partial charge in [0.1, 0.15) is 5.78 Å². The molecule has 2 aliphatic carbocycles. The number of hydrogen-bond donors (Lipinski definition) is 0. The summed E-state index contributed by atoms with van der Waals surface area (Å²) < 4.78 is 0. The maximum atomic E-state index is 13.0. The van der Waals surface area contributed by atoms with Gasteiger partial charge in [0, 0.05) is 23.9 Å². The van der Waals surface area contributed by atoms with Crippen LogP contribution in [-0.4, -0.2) is 53.8 Å². The fourth-order valence-corrected chi connectivity index (χ4v) is 5.26. The zero-order valence-electron chi connectivity index (χ0n) is 16.6. The van der Waals surface area contributed by atoms with Crippen molar-refractivity contribution in [2.24, 2.45) is 11.8 Å². The van der Waals surface area contributed by atoms with E-state index < -0.39 is 0 Å². The van der Waals surface area contributed by atoms with Crippen LogP contribution >= 0.6 is 0 Å². The van der Waals surface area contributed by atoms with E-state index in [0.29, 0.717) is 17.6 Å². The van der Waals surface area contributed by atoms with Crippen LogP contribution in [0, 0.1) is 11.8 Å². The molecule has 0 amide bonds. The van der Waals surface area contributed by atoms with E-state index in [0.717, 1.165) is 63.9 Å². The Bertz CT molecular complexity index is 326. The maximum absolute atomic E-state index is 13.0. The molecule has 0 aromatic carbocycles. The number of hydrogen-bond acceptors (Lipinski definition) is 3. The molecular weight excluding hydrogens is 296 g/mol. The van der Waals surface area contributed by atoms with Crippen molar-refractivity contribution in [1.29, 1.82) is 0 Å². The predicted molar refractivity (Wildman–Crippen MR) is 102 cm³/mol. The molecule has 0 atom stereocenters. The third kappa shape index (κ3) is 4.82. The summed E-state index contributed by atoms with van der Waals surface area (Å²) in [7, 11) is 0. The van der Waals surface area contributed by atoms with Crippen molar-refractivity contribution in [1.82, 2.24) is 9.80 Å². The lowest BCUT2D eigenvalue weighted by atomic mass is 9.74. The summed E-state index contributed by atoms with van der Waals surface area (Å²) >= 11 is 0. The Balaban J connectivity index is 1.78. The fraction of sp³-hybridized carbons (Fsp3) is 0.952. The Morgan fingerprint density at radius 3 is 1.17 bits per heavy atom. The summed E-state index contributed by atoms with van der Waals surface area (Å²) in [6, 6.07) is 1.45. The molecule has 140 valence electrons. The molecule has 0 saturated heterocycles. The van der Waals surface area contributed by atoms with Crippen molar-refractivity contribution in [3.8, 4) is 0 Å². The molecule has 0 heterocycles. The van der Waals surface area contributed by atoms with Crippen molar-refractivity contribution < 1.29 is 4.79 Å². The molecule has 3 nitrogen and oxygen atoms in total. The van der Waals surface area contributed by atoms with Gasteiger partial charge in [-0.1, -0.05) is 27.7 Å². The number of ketones is 1. The van der Waals surface area contributed by atoms with E-state index in [2.05, 4.69) is 37.5 Å². The molecule has 0 aromatic rings. The largest absolute Gasteiger partial charge is 0.301 e. The SMILES string of the molecule is CCN(CC)C1CCC(C(=O)C2CCC(N(CC)CC)CC2)CC1. The minimum Gasteiger partial charge on any atom is -0.301 e. The molecule has 0 aliphatic heterocycles. The van der Waals surface area contributed by atoms with Crippen molar-refractivity contribution in [3.63, 3.8) is 0 Å². The highest BCUT2D eigenvalue weighted by atomic mass is 16.1. The van der Waals surface area contributed by atoms with Crippen molar-refractivity contribution in [3.05, 3.63) is 0 Å². The quantitative estimate of drug-likeness (QED) is 0.658. The minimum absolute atomic E-state index is 0.367. The number of carbonyl (C=O) groups is 1. The van der Waals surface area contributed by atoms with Crippen molar-refractivity contribution in [2.45, 2.75) is 91.1 Å². The number of nitrogens with zero attached hydrogens (tertiary/aromatic N) is 2. The van der Waals surface area contributed by atoms with Gasteiger partial charge in [-0.2, -0.15) is 0 Å². The van der Waals surface area contributed by atoms with Crippen LogP contribution in [0.25, 0.3) is 0 Å². The van der Waals surface area contributed by atoms with Crippen LogP contribution in [0.4, 0.5) is 0 Å². The molecule has 2 rings (SSSR count). The molecule has 2 aliphatic rings. The second-order valence-corrected chi connectivity index (χ2v) is 7.86. The first kappa shape index (κ1) is 19.9. The molecule has 24 heavy (non-hydrogen) atoms. The first-order chi connectivity index (χ1) is 11.6. The summed E-state index contributed by atoms with van der Waals surface area (Å²) in [5, 5.41) is 0. The second-order valence-electron chi connectivity index (χ2n) is 7.86. The van der Waals surface area contributed by atoms with Crippen LogP contribution in [-0.2, 0) is 4.79 Å². The molecule has 0 bridgehead atoms. The predicted octanol–water partition coefficient (Wildman–Crippen LogP) is 4.36. The Labute approximate surface area is 150 Å². The molecule has 0 aromatic heterocycles. The molecule has 0 N–H and O–H groups in total. The lowest BCUT2D eigenvalue weighted by molar-refractivity contribution is -0.129. The van der Waals surface area contributed by atoms with Gasteiger partial charge in [0.15, 0.2) is 0 Å². The smallest absolute Gasteiger partial charge is 0.139 e. The molecule has 0 unspecified atom stereocenters. The highest BCUT2D eigenvalue weighted by Gasteiger charge is 2.34. The first-order valence-corrected chi connectivity index (χ1v) is 10.7. The highest BCUT2D eigenvalue weighted by Crippen LogP contribution is 2.35. The Kier molecular flexibility index (Phi) is 8.22. The van der Waals surface area contributed by atoms with Gasteiger partial charge in [-0.05, 0) is 77.5 Å². The van der Waals surface area contributed by atoms with Crippen molar-refractivity contribution in [2.75, 3.05) is 26.2 Å². The summed E-state index contributed by atoms with van der Waals surface area (Å²) in [6.07, 6.45) is 9.46. The summed E-state index contributed by atoms with van der Waals surface area (Å²) in [6.45, 7) is 13.6. The third-order valence-corrected chi connectivity index (χ3v) is 6.86. The van der Waals surface area contributed by atoms with E-state index in [1.54, 1.807) is 0 Å². The number of Topliss-reactive ketones (excluding diaryl/α,β-unsaturated/α-hetero) is 1. The normalized spacial score (nSPS) is 31.6. The molecule has 2 saturated carbocycles. The van der Waals surface area contributed by atoms with Gasteiger partial charge in [-0.3, -0.25) is 4.79 Å². The average molecular weight is 337 g/mol. The van der Waals surface area contributed by atoms with E-state index in [1.807, 2.05) is 0 Å². The zero-order valence-corrected chi connectivity index (χ0v) is 16.6. The highest BCUT2D eigenvalue weighted by molar-refractivity contribution is 5.83. The Hall–Kier alpha value is -0.410. The topological polar surface area (TPSA) is 23.6 Å². The molecular formula is C21H40N2O. The standard InChI is InChI=1S/C21H40N2O/c1-5-22(6-2)19-13-9-17(10-14-19)21(24)18-11-15-20(16-12-18)23(7-3)8-4/h17-20H,5-16H2,1-4H3. The van der Waals surface area contributed by atoms with Gasteiger partial charge >= 0.3 is 0 Å². The van der Waals surface area contributed by atoms with Crippen LogP contribution in [0.2, 0.25) is 0 Å². The third-order valence-electron chi connectivity index (χ3n) is 6.86. The van der Waals surface area contributed by atoms with Gasteiger partial charge in [-0.25, -0.2) is 0 Å². The Morgan fingerprint density at radius 1 is 0.625 bits per heavy atom. The van der Waals surface area contributed by atoms with E-state index in [9.17, 15) is 4.79 Å². The van der Waals surface area contributed by atoms with Crippen LogP contribution < -0.4 is 0 Å². The Morgan fingerprint density at radius 2 is 0.917 bits per heavy atom. The average Bonchev–Trinajstić information content (AvgIpc) is 2.64. The van der Waals surface area contributed by atoms with Crippen LogP contribution in [0.5, 0.6) is 0 Å². The van der Waals surface area contributed by atoms with Crippen LogP contribution in [0.15, 0.2) is 0 Å². The van der Waals surface area contributed by atoms with E-state index in [-0.39, 0.29) is 0 Å². The number of rotatable bonds is 8. The van der Waals surface area contributed by atoms with Gasteiger partial charge in [0.05, 0.1) is 0 Å². The molecule has 0 radical (unpaired) electrons. The molecule has 3 heteroatoms. The monoisotopic (exact) mass is 336 g/mol. The summed E-state index contributed by atoms with van der Waals surface area (Å²) in [4.78, 5) is 18.1. The lowest BCUT2D eigenvalue weighted by Gasteiger charge is -2.38. The van der Waals surface area contributed by atoms with E-state index >= 15 is 0 Å². The van der Waals surface area contributed by atoms with Gasteiger partial charge in [0.25, 0.3) is 0 Å². The lowest BCUT2D eigenvalue weighted by Crippen LogP contribution is -2.41. The summed E-state index contributed by atoms with van der Waals surface area (Å²) in [5.74, 6) is 1.35. The number of carbonyl (C=O) groups excluding carboxylic acids is 1. The maximum Gasteiger partial charge on any atom is 0.139 e. The van der Waals surface area contributed by atoms with Crippen molar-refractivity contribution >= 4 is 5.78 Å². The summed E-state index contributed by atoms with van der Waals surface area (Å²) in [5.41, 5.74) is 0. The molecule has 0 spiro atoms. The molecule has 2 fully saturated rings. The minimum atomic E-state index is 0.367. The fourth-order valence-electron chi connectivity index (χ4n) is 5.26.